The maximum atomic E-state index is 13.3. The molecule has 3 aromatic rings. The van der Waals surface area contributed by atoms with Crippen molar-refractivity contribution in [3.8, 4) is 11.3 Å². The van der Waals surface area contributed by atoms with E-state index in [1.54, 1.807) is 23.2 Å². The zero-order valence-corrected chi connectivity index (χ0v) is 18.1. The average Bonchev–Trinajstić information content (AvgIpc) is 3.43. The molecule has 0 saturated carbocycles. The van der Waals surface area contributed by atoms with E-state index in [2.05, 4.69) is 15.3 Å². The lowest BCUT2D eigenvalue weighted by atomic mass is 10.0. The molecule has 2 aromatic carbocycles. The second-order valence-corrected chi connectivity index (χ2v) is 8.47. The number of carbonyl (C=O) groups is 1. The lowest BCUT2D eigenvalue weighted by Gasteiger charge is -2.26. The van der Waals surface area contributed by atoms with Gasteiger partial charge in [0.05, 0.1) is 31.0 Å². The minimum Gasteiger partial charge on any atom is -0.394 e. The Kier molecular flexibility index (Phi) is 5.78. The monoisotopic (exact) mass is 450 g/mol. The van der Waals surface area contributed by atoms with Crippen molar-refractivity contribution >= 4 is 23.5 Å². The molecule has 8 heteroatoms. The van der Waals surface area contributed by atoms with Gasteiger partial charge >= 0.3 is 0 Å². The molecule has 2 unspecified atom stereocenters. The first-order valence-corrected chi connectivity index (χ1v) is 11.0. The molecule has 1 amide bonds. The van der Waals surface area contributed by atoms with Crippen LogP contribution in [-0.2, 0) is 11.3 Å². The number of nitrogens with zero attached hydrogens (tertiary/aromatic N) is 3. The van der Waals surface area contributed by atoms with Crippen molar-refractivity contribution in [2.24, 2.45) is 0 Å². The van der Waals surface area contributed by atoms with Gasteiger partial charge in [0.25, 0.3) is 5.91 Å². The zero-order valence-electron chi connectivity index (χ0n) is 17.4. The van der Waals surface area contributed by atoms with E-state index >= 15 is 0 Å². The number of hydrogen-bond donors (Lipinski definition) is 2. The van der Waals surface area contributed by atoms with E-state index in [-0.39, 0.29) is 18.6 Å². The molecule has 5 rings (SSSR count). The smallest absolute Gasteiger partial charge is 0.255 e. The topological polar surface area (TPSA) is 87.6 Å². The molecule has 0 spiro atoms. The van der Waals surface area contributed by atoms with Crippen LogP contribution in [0.2, 0.25) is 5.02 Å². The summed E-state index contributed by atoms with van der Waals surface area (Å²) in [5, 5.41) is 13.9. The summed E-state index contributed by atoms with van der Waals surface area (Å²) in [4.78, 5) is 23.9. The number of anilines is 1. The molecular formula is C24H23ClN4O3. The Balaban J connectivity index is 1.40. The Morgan fingerprint density at radius 2 is 2.16 bits per heavy atom. The number of aromatic nitrogens is 2. The molecule has 0 radical (unpaired) electrons. The number of amides is 1. The van der Waals surface area contributed by atoms with E-state index in [9.17, 15) is 9.90 Å². The molecule has 2 aliphatic heterocycles. The van der Waals surface area contributed by atoms with Crippen molar-refractivity contribution in [2.45, 2.75) is 25.0 Å². The highest BCUT2D eigenvalue weighted by Crippen LogP contribution is 2.34. The zero-order chi connectivity index (χ0) is 22.1. The molecule has 2 aliphatic rings. The lowest BCUT2D eigenvalue weighted by molar-refractivity contribution is 0.0615. The van der Waals surface area contributed by atoms with E-state index in [0.29, 0.717) is 29.7 Å². The van der Waals surface area contributed by atoms with E-state index in [4.69, 9.17) is 16.3 Å². The Hall–Kier alpha value is -3.00. The maximum Gasteiger partial charge on any atom is 0.255 e. The molecule has 0 aliphatic carbocycles. The van der Waals surface area contributed by atoms with Crippen molar-refractivity contribution in [1.29, 1.82) is 0 Å². The summed E-state index contributed by atoms with van der Waals surface area (Å²) in [5.41, 5.74) is 3.94. The molecule has 32 heavy (non-hydrogen) atoms. The van der Waals surface area contributed by atoms with Crippen LogP contribution in [0.4, 0.5) is 5.95 Å². The number of ether oxygens (including phenoxy) is 1. The number of nitrogens with one attached hydrogen (secondary N) is 1. The molecule has 1 saturated heterocycles. The van der Waals surface area contributed by atoms with Gasteiger partial charge in [-0.15, -0.1) is 0 Å². The second kappa shape index (κ2) is 8.86. The number of aliphatic hydroxyl groups excluding tert-OH is 1. The molecule has 1 aromatic heterocycles. The highest BCUT2D eigenvalue weighted by atomic mass is 35.5. The number of benzene rings is 2. The molecule has 2 atom stereocenters. The predicted molar refractivity (Wildman–Crippen MR) is 121 cm³/mol. The molecule has 0 bridgehead atoms. The van der Waals surface area contributed by atoms with Gasteiger partial charge in [0.1, 0.15) is 0 Å². The van der Waals surface area contributed by atoms with Gasteiger partial charge in [-0.05, 0) is 41.8 Å². The van der Waals surface area contributed by atoms with Gasteiger partial charge in [0, 0.05) is 35.5 Å². The molecule has 1 fully saturated rings. The van der Waals surface area contributed by atoms with Crippen molar-refractivity contribution < 1.29 is 14.6 Å². The van der Waals surface area contributed by atoms with Crippen LogP contribution in [0, 0.1) is 0 Å². The van der Waals surface area contributed by atoms with Crippen LogP contribution >= 0.6 is 11.6 Å². The van der Waals surface area contributed by atoms with Gasteiger partial charge in [-0.3, -0.25) is 4.79 Å². The predicted octanol–water partition coefficient (Wildman–Crippen LogP) is 3.69. The van der Waals surface area contributed by atoms with Crippen LogP contribution in [0.1, 0.15) is 33.9 Å². The van der Waals surface area contributed by atoms with Crippen molar-refractivity contribution in [2.75, 3.05) is 25.1 Å². The van der Waals surface area contributed by atoms with Gasteiger partial charge in [0.2, 0.25) is 5.95 Å². The number of carbonyl (C=O) groups excluding carboxylic acids is 1. The number of hydrogen-bond acceptors (Lipinski definition) is 6. The summed E-state index contributed by atoms with van der Waals surface area (Å²) in [5.74, 6) is 0.434. The van der Waals surface area contributed by atoms with Crippen molar-refractivity contribution in [3.05, 3.63) is 76.4 Å². The normalized spacial score (nSPS) is 18.6. The number of aliphatic hydroxyl groups is 1. The molecular weight excluding hydrogens is 428 g/mol. The largest absolute Gasteiger partial charge is 0.394 e. The maximum absolute atomic E-state index is 13.3. The highest BCUT2D eigenvalue weighted by molar-refractivity contribution is 6.30. The van der Waals surface area contributed by atoms with Crippen LogP contribution < -0.4 is 5.32 Å². The number of halogens is 1. The third-order valence-corrected chi connectivity index (χ3v) is 6.17. The number of rotatable bonds is 6. The van der Waals surface area contributed by atoms with Gasteiger partial charge < -0.3 is 20.1 Å². The average molecular weight is 451 g/mol. The first kappa shape index (κ1) is 20.9. The van der Waals surface area contributed by atoms with Gasteiger partial charge in [0.15, 0.2) is 0 Å². The quantitative estimate of drug-likeness (QED) is 0.595. The molecule has 164 valence electrons. The van der Waals surface area contributed by atoms with Crippen LogP contribution in [0.5, 0.6) is 0 Å². The summed E-state index contributed by atoms with van der Waals surface area (Å²) in [6.45, 7) is 1.64. The first-order valence-electron chi connectivity index (χ1n) is 10.6. The van der Waals surface area contributed by atoms with Crippen LogP contribution in [-0.4, -0.2) is 51.7 Å². The lowest BCUT2D eigenvalue weighted by Crippen LogP contribution is -2.31. The summed E-state index contributed by atoms with van der Waals surface area (Å²) >= 11 is 6.12. The third-order valence-electron chi connectivity index (χ3n) is 5.94. The minimum atomic E-state index is -0.458. The molecule has 7 nitrogen and oxygen atoms in total. The Morgan fingerprint density at radius 3 is 2.94 bits per heavy atom. The Bertz CT molecular complexity index is 1150. The van der Waals surface area contributed by atoms with Crippen molar-refractivity contribution in [3.63, 3.8) is 0 Å². The SMILES string of the molecule is O=C1c2cc(-c3ccnc(NC4CCOC4)n3)ccc2CN1C(CO)c1cccc(Cl)c1. The minimum absolute atomic E-state index is 0.114. The van der Waals surface area contributed by atoms with E-state index < -0.39 is 6.04 Å². The van der Waals surface area contributed by atoms with Crippen LogP contribution in [0.3, 0.4) is 0 Å². The standard InChI is InChI=1S/C24H23ClN4O3/c25-18-3-1-2-16(10-18)22(13-30)29-12-17-5-4-15(11-20(17)23(29)31)21-6-8-26-24(28-21)27-19-7-9-32-14-19/h1-6,8,10-11,19,22,30H,7,9,12-14H2,(H,26,27,28). The summed E-state index contributed by atoms with van der Waals surface area (Å²) in [7, 11) is 0. The number of fused-ring (bicyclic) bond motifs is 1. The molecule has 2 N–H and O–H groups in total. The van der Waals surface area contributed by atoms with Gasteiger partial charge in [-0.2, -0.15) is 0 Å². The highest BCUT2D eigenvalue weighted by Gasteiger charge is 2.33. The second-order valence-electron chi connectivity index (χ2n) is 8.03. The van der Waals surface area contributed by atoms with E-state index in [1.165, 1.54) is 0 Å². The van der Waals surface area contributed by atoms with Gasteiger partial charge in [-0.1, -0.05) is 35.9 Å². The van der Waals surface area contributed by atoms with Crippen LogP contribution in [0.15, 0.2) is 54.7 Å². The first-order chi connectivity index (χ1) is 15.6. The fourth-order valence-electron chi connectivity index (χ4n) is 4.25. The van der Waals surface area contributed by atoms with Crippen molar-refractivity contribution in [1.82, 2.24) is 14.9 Å². The summed E-state index contributed by atoms with van der Waals surface area (Å²) in [6.07, 6.45) is 2.64. The Labute approximate surface area is 191 Å². The summed E-state index contributed by atoms with van der Waals surface area (Å²) in [6, 6.07) is 14.6. The third kappa shape index (κ3) is 4.07. The molecule has 3 heterocycles. The van der Waals surface area contributed by atoms with E-state index in [0.717, 1.165) is 35.4 Å². The van der Waals surface area contributed by atoms with E-state index in [1.807, 2.05) is 36.4 Å². The fraction of sp³-hybridized carbons (Fsp3) is 0.292. The summed E-state index contributed by atoms with van der Waals surface area (Å²) < 4.78 is 5.40. The Morgan fingerprint density at radius 1 is 1.25 bits per heavy atom. The van der Waals surface area contributed by atoms with Crippen LogP contribution in [0.25, 0.3) is 11.3 Å². The van der Waals surface area contributed by atoms with Gasteiger partial charge in [-0.25, -0.2) is 9.97 Å². The fourth-order valence-corrected chi connectivity index (χ4v) is 4.45.